The molecule has 1 fully saturated rings. The Labute approximate surface area is 148 Å². The highest BCUT2D eigenvalue weighted by molar-refractivity contribution is 7.89. The number of anilines is 1. The van der Waals surface area contributed by atoms with Crippen molar-refractivity contribution in [3.05, 3.63) is 12.4 Å². The first-order valence-corrected chi connectivity index (χ1v) is 8.87. The zero-order valence-corrected chi connectivity index (χ0v) is 15.0. The van der Waals surface area contributed by atoms with Crippen LogP contribution in [-0.4, -0.2) is 79.3 Å². The predicted molar refractivity (Wildman–Crippen MR) is 85.1 cm³/mol. The number of hydrogen-bond acceptors (Lipinski definition) is 6. The molecule has 2 rings (SSSR count). The maximum Gasteiger partial charge on any atom is 0.394 e. The summed E-state index contributed by atoms with van der Waals surface area (Å²) < 4.78 is 69.8. The Morgan fingerprint density at radius 3 is 2.35 bits per heavy atom. The van der Waals surface area contributed by atoms with Crippen LogP contribution in [0.15, 0.2) is 12.4 Å². The van der Waals surface area contributed by atoms with Gasteiger partial charge in [-0.15, -0.1) is 0 Å². The molecule has 26 heavy (non-hydrogen) atoms. The molecule has 1 aliphatic heterocycles. The highest BCUT2D eigenvalue weighted by Crippen LogP contribution is 2.37. The smallest absolute Gasteiger partial charge is 0.394 e. The lowest BCUT2D eigenvalue weighted by molar-refractivity contribution is -0.169. The van der Waals surface area contributed by atoms with Gasteiger partial charge in [0.2, 0.25) is 16.0 Å². The van der Waals surface area contributed by atoms with Gasteiger partial charge in [0, 0.05) is 27.2 Å². The number of sulfonamides is 1. The number of nitrogens with one attached hydrogen (secondary N) is 1. The molecular weight excluding hydrogens is 379 g/mol. The van der Waals surface area contributed by atoms with Crippen molar-refractivity contribution < 1.29 is 31.1 Å². The number of aromatic nitrogens is 2. The Hall–Kier alpha value is -2.15. The number of alkyl halides is 3. The van der Waals surface area contributed by atoms with Crippen molar-refractivity contribution in [2.24, 2.45) is 5.92 Å². The summed E-state index contributed by atoms with van der Waals surface area (Å²) >= 11 is 0. The van der Waals surface area contributed by atoms with Gasteiger partial charge in [-0.1, -0.05) is 0 Å². The molecule has 13 heteroatoms. The molecule has 0 aromatic carbocycles. The minimum atomic E-state index is -4.76. The van der Waals surface area contributed by atoms with E-state index in [1.165, 1.54) is 19.5 Å². The summed E-state index contributed by atoms with van der Waals surface area (Å²) in [6.45, 7) is -1.37. The van der Waals surface area contributed by atoms with E-state index in [0.717, 1.165) is 23.3 Å². The number of halogens is 3. The Balaban J connectivity index is 2.18. The summed E-state index contributed by atoms with van der Waals surface area (Å²) in [5.74, 6) is -1.99. The van der Waals surface area contributed by atoms with Crippen LogP contribution < -0.4 is 10.1 Å². The van der Waals surface area contributed by atoms with Crippen molar-refractivity contribution >= 4 is 22.0 Å². The van der Waals surface area contributed by atoms with E-state index in [4.69, 9.17) is 4.74 Å². The molecule has 1 aromatic rings. The molecule has 2 amide bonds. The van der Waals surface area contributed by atoms with Gasteiger partial charge in [-0.2, -0.15) is 13.2 Å². The quantitative estimate of drug-likeness (QED) is 0.805. The van der Waals surface area contributed by atoms with Crippen LogP contribution in [0.4, 0.5) is 23.9 Å². The van der Waals surface area contributed by atoms with Crippen LogP contribution >= 0.6 is 0 Å². The van der Waals surface area contributed by atoms with Crippen molar-refractivity contribution in [2.75, 3.05) is 39.6 Å². The largest absolute Gasteiger partial charge is 0.494 e. The Bertz CT molecular complexity index is 754. The minimum Gasteiger partial charge on any atom is -0.494 e. The average molecular weight is 397 g/mol. The fraction of sp³-hybridized carbons (Fsp3) is 0.615. The number of urea groups is 1. The molecule has 0 saturated carbocycles. The summed E-state index contributed by atoms with van der Waals surface area (Å²) in [5.41, 5.74) is 0. The number of likely N-dealkylation sites (tertiary alicyclic amines) is 1. The van der Waals surface area contributed by atoms with Crippen LogP contribution in [0.25, 0.3) is 0 Å². The number of carbonyl (C=O) groups excluding carboxylic acids is 1. The molecule has 9 nitrogen and oxygen atoms in total. The van der Waals surface area contributed by atoms with Crippen molar-refractivity contribution in [3.8, 4) is 5.75 Å². The number of nitrogens with zero attached hydrogens (tertiary/aromatic N) is 4. The first kappa shape index (κ1) is 20.2. The SMILES string of the molecule is COc1cnc(NC(=O)N2C[C@H](C(F)(F)F)[C@@H](S(=O)(=O)N(C)C)C2)nc1. The standard InChI is InChI=1S/C13H18F3N5O4S/c1-20(2)26(23,24)10-7-21(6-9(10)13(14,15)16)12(22)19-11-17-4-8(25-3)5-18-11/h4-5,9-10H,6-7H2,1-3H3,(H,17,18,19,22)/t9-,10-/m0/s1. The third-order valence-electron chi connectivity index (χ3n) is 3.95. The highest BCUT2D eigenvalue weighted by Gasteiger charge is 2.56. The van der Waals surface area contributed by atoms with Gasteiger partial charge in [-0.3, -0.25) is 5.32 Å². The molecule has 0 unspecified atom stereocenters. The molecule has 146 valence electrons. The van der Waals surface area contributed by atoms with E-state index < -0.39 is 46.5 Å². The van der Waals surface area contributed by atoms with Gasteiger partial charge in [0.1, 0.15) is 5.25 Å². The van der Waals surface area contributed by atoms with Gasteiger partial charge in [0.15, 0.2) is 5.75 Å². The fourth-order valence-electron chi connectivity index (χ4n) is 2.49. The Morgan fingerprint density at radius 2 is 1.88 bits per heavy atom. The van der Waals surface area contributed by atoms with Gasteiger partial charge in [0.05, 0.1) is 25.4 Å². The van der Waals surface area contributed by atoms with Crippen molar-refractivity contribution in [1.29, 1.82) is 0 Å². The van der Waals surface area contributed by atoms with Gasteiger partial charge < -0.3 is 9.64 Å². The van der Waals surface area contributed by atoms with Crippen molar-refractivity contribution in [2.45, 2.75) is 11.4 Å². The maximum absolute atomic E-state index is 13.3. The number of carbonyl (C=O) groups is 1. The van der Waals surface area contributed by atoms with E-state index in [1.807, 2.05) is 0 Å². The average Bonchev–Trinajstić information content (AvgIpc) is 3.02. The van der Waals surface area contributed by atoms with E-state index in [0.29, 0.717) is 5.75 Å². The van der Waals surface area contributed by atoms with Crippen LogP contribution in [0.3, 0.4) is 0 Å². The number of rotatable bonds is 4. The second-order valence-electron chi connectivity index (χ2n) is 5.80. The predicted octanol–water partition coefficient (Wildman–Crippen LogP) is 0.771. The molecule has 0 spiro atoms. The van der Waals surface area contributed by atoms with E-state index in [9.17, 15) is 26.4 Å². The summed E-state index contributed by atoms with van der Waals surface area (Å²) in [7, 11) is -0.522. The number of ether oxygens (including phenoxy) is 1. The van der Waals surface area contributed by atoms with Crippen molar-refractivity contribution in [3.63, 3.8) is 0 Å². The van der Waals surface area contributed by atoms with E-state index in [2.05, 4.69) is 15.3 Å². The van der Waals surface area contributed by atoms with E-state index >= 15 is 0 Å². The van der Waals surface area contributed by atoms with Crippen LogP contribution in [0.5, 0.6) is 5.75 Å². The molecule has 1 aliphatic rings. The molecule has 2 heterocycles. The Morgan fingerprint density at radius 1 is 1.31 bits per heavy atom. The molecule has 1 aromatic heterocycles. The second kappa shape index (κ2) is 7.23. The first-order chi connectivity index (χ1) is 12.0. The number of methoxy groups -OCH3 is 1. The first-order valence-electron chi connectivity index (χ1n) is 7.37. The molecule has 0 aliphatic carbocycles. The van der Waals surface area contributed by atoms with Crippen molar-refractivity contribution in [1.82, 2.24) is 19.2 Å². The second-order valence-corrected chi connectivity index (χ2v) is 8.16. The minimum absolute atomic E-state index is 0.140. The fourth-order valence-corrected chi connectivity index (χ4v) is 4.05. The molecule has 0 bridgehead atoms. The monoisotopic (exact) mass is 397 g/mol. The van der Waals surface area contributed by atoms with E-state index in [1.54, 1.807) is 0 Å². The lowest BCUT2D eigenvalue weighted by Gasteiger charge is -2.23. The summed E-state index contributed by atoms with van der Waals surface area (Å²) in [5, 5.41) is 0.464. The summed E-state index contributed by atoms with van der Waals surface area (Å²) in [6.07, 6.45) is -2.23. The molecule has 0 radical (unpaired) electrons. The van der Waals surface area contributed by atoms with Gasteiger partial charge >= 0.3 is 12.2 Å². The lowest BCUT2D eigenvalue weighted by atomic mass is 10.1. The third-order valence-corrected chi connectivity index (χ3v) is 6.21. The summed E-state index contributed by atoms with van der Waals surface area (Å²) in [6, 6.07) is -0.916. The topological polar surface area (TPSA) is 105 Å². The van der Waals surface area contributed by atoms with E-state index in [-0.39, 0.29) is 5.95 Å². The van der Waals surface area contributed by atoms with Crippen LogP contribution in [-0.2, 0) is 10.0 Å². The van der Waals surface area contributed by atoms with Gasteiger partial charge in [-0.05, 0) is 0 Å². The number of hydrogen-bond donors (Lipinski definition) is 1. The third kappa shape index (κ3) is 4.15. The molecular formula is C13H18F3N5O4S. The zero-order valence-electron chi connectivity index (χ0n) is 14.2. The maximum atomic E-state index is 13.3. The normalized spacial score (nSPS) is 21.1. The number of amides is 2. The van der Waals surface area contributed by atoms with Crippen LogP contribution in [0.2, 0.25) is 0 Å². The lowest BCUT2D eigenvalue weighted by Crippen LogP contribution is -2.43. The van der Waals surface area contributed by atoms with Gasteiger partial charge in [0.25, 0.3) is 0 Å². The Kier molecular flexibility index (Phi) is 5.61. The summed E-state index contributed by atoms with van der Waals surface area (Å²) in [4.78, 5) is 20.6. The van der Waals surface area contributed by atoms with Crippen LogP contribution in [0.1, 0.15) is 0 Å². The highest BCUT2D eigenvalue weighted by atomic mass is 32.2. The van der Waals surface area contributed by atoms with Gasteiger partial charge in [-0.25, -0.2) is 27.5 Å². The molecule has 2 atom stereocenters. The molecule has 1 N–H and O–H groups in total. The zero-order chi connectivity index (χ0) is 19.7. The molecule has 1 saturated heterocycles. The van der Waals surface area contributed by atoms with Crippen LogP contribution in [0, 0.1) is 5.92 Å².